The Bertz CT molecular complexity index is 768. The zero-order valence-corrected chi connectivity index (χ0v) is 13.2. The first-order valence-electron chi connectivity index (χ1n) is 7.76. The Morgan fingerprint density at radius 2 is 2.09 bits per heavy atom. The molecule has 0 radical (unpaired) electrons. The van der Waals surface area contributed by atoms with Crippen molar-refractivity contribution < 1.29 is 14.7 Å². The van der Waals surface area contributed by atoms with Gasteiger partial charge in [0, 0.05) is 17.8 Å². The number of benzene rings is 1. The molecule has 1 atom stereocenters. The van der Waals surface area contributed by atoms with E-state index < -0.39 is 11.5 Å². The molecule has 2 amide bonds. The number of carbonyl (C=O) groups excluding carboxylic acids is 2. The summed E-state index contributed by atoms with van der Waals surface area (Å²) < 4.78 is 1.95. The van der Waals surface area contributed by atoms with E-state index >= 15 is 0 Å². The molecule has 3 N–H and O–H groups in total. The van der Waals surface area contributed by atoms with E-state index in [1.165, 1.54) is 4.90 Å². The summed E-state index contributed by atoms with van der Waals surface area (Å²) in [6, 6.07) is 9.93. The van der Waals surface area contributed by atoms with Gasteiger partial charge in [-0.05, 0) is 37.3 Å². The number of carbonyl (C=O) groups is 2. The minimum absolute atomic E-state index is 0.0284. The highest BCUT2D eigenvalue weighted by Gasteiger charge is 2.40. The fourth-order valence-corrected chi connectivity index (χ4v) is 3.24. The second kappa shape index (κ2) is 5.70. The van der Waals surface area contributed by atoms with Crippen LogP contribution >= 0.6 is 0 Å². The van der Waals surface area contributed by atoms with Gasteiger partial charge in [-0.1, -0.05) is 18.2 Å². The van der Waals surface area contributed by atoms with E-state index in [0.717, 1.165) is 16.6 Å². The van der Waals surface area contributed by atoms with E-state index in [4.69, 9.17) is 5.73 Å². The van der Waals surface area contributed by atoms with Crippen LogP contribution in [0.5, 0.6) is 0 Å². The molecule has 1 aliphatic rings. The quantitative estimate of drug-likeness (QED) is 0.877. The van der Waals surface area contributed by atoms with Crippen LogP contribution in [0.25, 0.3) is 10.9 Å². The van der Waals surface area contributed by atoms with Crippen molar-refractivity contribution in [2.75, 3.05) is 13.1 Å². The monoisotopic (exact) mass is 315 g/mol. The van der Waals surface area contributed by atoms with Gasteiger partial charge in [-0.15, -0.1) is 0 Å². The lowest BCUT2D eigenvalue weighted by atomic mass is 9.92. The maximum atomic E-state index is 12.6. The molecule has 1 aromatic carbocycles. The Morgan fingerprint density at radius 3 is 2.83 bits per heavy atom. The number of rotatable bonds is 3. The zero-order chi connectivity index (χ0) is 16.6. The van der Waals surface area contributed by atoms with Crippen LogP contribution in [-0.4, -0.2) is 45.1 Å². The van der Waals surface area contributed by atoms with Gasteiger partial charge in [-0.2, -0.15) is 0 Å². The predicted octanol–water partition coefficient (Wildman–Crippen LogP) is 0.789. The highest BCUT2D eigenvalue weighted by molar-refractivity contribution is 5.86. The van der Waals surface area contributed by atoms with Crippen molar-refractivity contribution in [3.05, 3.63) is 36.0 Å². The first kappa shape index (κ1) is 15.6. The van der Waals surface area contributed by atoms with Crippen LogP contribution in [0.1, 0.15) is 18.5 Å². The van der Waals surface area contributed by atoms with Gasteiger partial charge in [-0.25, -0.2) is 0 Å². The van der Waals surface area contributed by atoms with Gasteiger partial charge >= 0.3 is 0 Å². The second-order valence-corrected chi connectivity index (χ2v) is 6.25. The summed E-state index contributed by atoms with van der Waals surface area (Å²) in [5.74, 6) is -0.883. The molecule has 3 rings (SSSR count). The molecule has 1 saturated heterocycles. The average Bonchev–Trinajstić information content (AvgIpc) is 2.83. The highest BCUT2D eigenvalue weighted by Crippen LogP contribution is 2.23. The number of para-hydroxylation sites is 1. The van der Waals surface area contributed by atoms with Crippen molar-refractivity contribution in [1.82, 2.24) is 9.47 Å². The molecule has 0 spiro atoms. The molecule has 122 valence electrons. The Hall–Kier alpha value is -2.34. The van der Waals surface area contributed by atoms with Crippen LogP contribution in [0, 0.1) is 6.92 Å². The maximum Gasteiger partial charge on any atom is 0.251 e. The highest BCUT2D eigenvalue weighted by atomic mass is 16.3. The third kappa shape index (κ3) is 2.82. The van der Waals surface area contributed by atoms with Crippen LogP contribution < -0.4 is 5.73 Å². The SMILES string of the molecule is Cc1cc2ccccc2n1CC(=O)N1CCC[C@@](O)(C(N)=O)C1. The summed E-state index contributed by atoms with van der Waals surface area (Å²) in [7, 11) is 0. The molecule has 1 aromatic heterocycles. The van der Waals surface area contributed by atoms with Crippen molar-refractivity contribution in [3.63, 3.8) is 0 Å². The molecule has 6 heteroatoms. The van der Waals surface area contributed by atoms with Crippen molar-refractivity contribution in [2.45, 2.75) is 31.9 Å². The van der Waals surface area contributed by atoms with Crippen LogP contribution in [0.4, 0.5) is 0 Å². The first-order valence-corrected chi connectivity index (χ1v) is 7.76. The fourth-order valence-electron chi connectivity index (χ4n) is 3.24. The number of amides is 2. The standard InChI is InChI=1S/C17H21N3O3/c1-12-9-13-5-2-3-6-14(13)20(12)10-15(21)19-8-4-7-17(23,11-19)16(18)22/h2-3,5-6,9,23H,4,7-8,10-11H2,1H3,(H2,18,22)/t17-/m0/s1. The van der Waals surface area contributed by atoms with Crippen molar-refractivity contribution in [2.24, 2.45) is 5.73 Å². The molecule has 2 aromatic rings. The number of aryl methyl sites for hydroxylation is 1. The number of primary amides is 1. The van der Waals surface area contributed by atoms with Crippen LogP contribution in [0.3, 0.4) is 0 Å². The number of β-amino-alcohol motifs (C(OH)–C–C–N with tert-alkyl or cyclic N) is 1. The smallest absolute Gasteiger partial charge is 0.251 e. The van der Waals surface area contributed by atoms with Crippen LogP contribution in [0.15, 0.2) is 30.3 Å². The summed E-state index contributed by atoms with van der Waals surface area (Å²) in [6.07, 6.45) is 0.869. The first-order chi connectivity index (χ1) is 10.9. The number of aromatic nitrogens is 1. The Kier molecular flexibility index (Phi) is 3.85. The van der Waals surface area contributed by atoms with Gasteiger partial charge in [0.05, 0.1) is 6.54 Å². The number of hydrogen-bond donors (Lipinski definition) is 2. The summed E-state index contributed by atoms with van der Waals surface area (Å²) in [4.78, 5) is 25.6. The number of hydrogen-bond acceptors (Lipinski definition) is 3. The average molecular weight is 315 g/mol. The van der Waals surface area contributed by atoms with Gasteiger partial charge < -0.3 is 20.3 Å². The van der Waals surface area contributed by atoms with Crippen molar-refractivity contribution >= 4 is 22.7 Å². The third-order valence-corrected chi connectivity index (χ3v) is 4.59. The van der Waals surface area contributed by atoms with E-state index in [1.807, 2.05) is 41.8 Å². The Balaban J connectivity index is 1.81. The fraction of sp³-hybridized carbons (Fsp3) is 0.412. The Morgan fingerprint density at radius 1 is 1.35 bits per heavy atom. The normalized spacial score (nSPS) is 21.6. The second-order valence-electron chi connectivity index (χ2n) is 6.25. The van der Waals surface area contributed by atoms with Crippen molar-refractivity contribution in [3.8, 4) is 0 Å². The number of likely N-dealkylation sites (tertiary alicyclic amines) is 1. The van der Waals surface area contributed by atoms with Crippen LogP contribution in [0.2, 0.25) is 0 Å². The molecule has 23 heavy (non-hydrogen) atoms. The molecule has 0 unspecified atom stereocenters. The van der Waals surface area contributed by atoms with Gasteiger partial charge in [0.2, 0.25) is 5.91 Å². The molecular formula is C17H21N3O3. The number of aliphatic hydroxyl groups is 1. The number of nitrogens with zero attached hydrogens (tertiary/aromatic N) is 2. The minimum atomic E-state index is -1.61. The minimum Gasteiger partial charge on any atom is -0.378 e. The van der Waals surface area contributed by atoms with E-state index in [-0.39, 0.29) is 19.0 Å². The number of piperidine rings is 1. The van der Waals surface area contributed by atoms with Crippen LogP contribution in [-0.2, 0) is 16.1 Å². The molecule has 6 nitrogen and oxygen atoms in total. The predicted molar refractivity (Wildman–Crippen MR) is 86.6 cm³/mol. The molecular weight excluding hydrogens is 294 g/mol. The van der Waals surface area contributed by atoms with E-state index in [2.05, 4.69) is 0 Å². The number of fused-ring (bicyclic) bond motifs is 1. The van der Waals surface area contributed by atoms with E-state index in [1.54, 1.807) is 0 Å². The van der Waals surface area contributed by atoms with Gasteiger partial charge in [0.25, 0.3) is 5.91 Å². The topological polar surface area (TPSA) is 88.6 Å². The lowest BCUT2D eigenvalue weighted by Gasteiger charge is -2.37. The lowest BCUT2D eigenvalue weighted by molar-refractivity contribution is -0.149. The van der Waals surface area contributed by atoms with E-state index in [9.17, 15) is 14.7 Å². The van der Waals surface area contributed by atoms with E-state index in [0.29, 0.717) is 19.4 Å². The third-order valence-electron chi connectivity index (χ3n) is 4.59. The maximum absolute atomic E-state index is 12.6. The molecule has 2 heterocycles. The molecule has 0 bridgehead atoms. The summed E-state index contributed by atoms with van der Waals surface area (Å²) >= 11 is 0. The lowest BCUT2D eigenvalue weighted by Crippen LogP contribution is -2.57. The molecule has 1 aliphatic heterocycles. The molecule has 1 fully saturated rings. The van der Waals surface area contributed by atoms with Crippen molar-refractivity contribution in [1.29, 1.82) is 0 Å². The van der Waals surface area contributed by atoms with Gasteiger partial charge in [0.1, 0.15) is 6.54 Å². The summed E-state index contributed by atoms with van der Waals surface area (Å²) in [6.45, 7) is 2.66. The largest absolute Gasteiger partial charge is 0.378 e. The zero-order valence-electron chi connectivity index (χ0n) is 13.2. The van der Waals surface area contributed by atoms with Gasteiger partial charge in [-0.3, -0.25) is 9.59 Å². The van der Waals surface area contributed by atoms with Gasteiger partial charge in [0.15, 0.2) is 5.60 Å². The molecule has 0 saturated carbocycles. The summed E-state index contributed by atoms with van der Waals surface area (Å²) in [5.41, 5.74) is 5.66. The Labute approximate surface area is 134 Å². The number of nitrogens with two attached hydrogens (primary N) is 1. The molecule has 0 aliphatic carbocycles. The summed E-state index contributed by atoms with van der Waals surface area (Å²) in [5, 5.41) is 11.3.